The van der Waals surface area contributed by atoms with Gasteiger partial charge in [0, 0.05) is 34.6 Å². The Labute approximate surface area is 169 Å². The van der Waals surface area contributed by atoms with Crippen molar-refractivity contribution in [2.75, 3.05) is 31.1 Å². The van der Waals surface area contributed by atoms with Crippen molar-refractivity contribution in [3.05, 3.63) is 40.8 Å². The number of aliphatic imine (C=N–C) groups is 1. The minimum absolute atomic E-state index is 0.389. The lowest BCUT2D eigenvalue weighted by molar-refractivity contribution is 0.259. The Hall–Kier alpha value is -1.52. The van der Waals surface area contributed by atoms with Gasteiger partial charge in [-0.2, -0.15) is 0 Å². The molecule has 0 amide bonds. The summed E-state index contributed by atoms with van der Waals surface area (Å²) in [6.07, 6.45) is 9.34. The molecule has 0 saturated heterocycles. The number of benzene rings is 1. The number of aryl methyl sites for hydroxylation is 1. The molecule has 1 unspecified atom stereocenters. The molecule has 0 spiro atoms. The normalized spacial score (nSPS) is 18.1. The number of rotatable bonds is 8. The van der Waals surface area contributed by atoms with Gasteiger partial charge in [0.2, 0.25) is 0 Å². The third-order valence-electron chi connectivity index (χ3n) is 5.30. The largest absolute Gasteiger partial charge is 0.372 e. The average molecular weight is 384 g/mol. The topological polar surface area (TPSA) is 18.8 Å². The van der Waals surface area contributed by atoms with E-state index in [-0.39, 0.29) is 0 Å². The van der Waals surface area contributed by atoms with Crippen LogP contribution in [-0.4, -0.2) is 42.8 Å². The van der Waals surface area contributed by atoms with Crippen LogP contribution in [-0.2, 0) is 0 Å². The molecule has 1 aromatic rings. The van der Waals surface area contributed by atoms with Gasteiger partial charge in [-0.05, 0) is 76.6 Å². The van der Waals surface area contributed by atoms with Crippen molar-refractivity contribution in [1.29, 1.82) is 0 Å². The second-order valence-electron chi connectivity index (χ2n) is 7.30. The Bertz CT molecular complexity index is 753. The summed E-state index contributed by atoms with van der Waals surface area (Å²) in [5.41, 5.74) is 4.84. The Morgan fingerprint density at radius 3 is 2.37 bits per heavy atom. The fraction of sp³-hybridized carbons (Fsp3) is 0.522. The number of anilines is 1. The van der Waals surface area contributed by atoms with Crippen LogP contribution in [0.25, 0.3) is 0 Å². The first-order chi connectivity index (χ1) is 13.1. The lowest BCUT2D eigenvalue weighted by Crippen LogP contribution is -2.35. The number of allylic oxidation sites excluding steroid dienone is 2. The lowest BCUT2D eigenvalue weighted by Gasteiger charge is -2.31. The molecule has 27 heavy (non-hydrogen) atoms. The second-order valence-corrected chi connectivity index (χ2v) is 8.38. The SMILES string of the molecule is CCCN(CCC)C1C=CC2=Nc3c(C)cc(N(CC)CC)cc3SC2=C1. The summed E-state index contributed by atoms with van der Waals surface area (Å²) in [4.78, 5) is 12.6. The molecule has 1 aliphatic carbocycles. The highest BCUT2D eigenvalue weighted by Crippen LogP contribution is 2.45. The van der Waals surface area contributed by atoms with Gasteiger partial charge in [0.25, 0.3) is 0 Å². The van der Waals surface area contributed by atoms with Crippen LogP contribution < -0.4 is 4.90 Å². The minimum Gasteiger partial charge on any atom is -0.372 e. The fourth-order valence-electron chi connectivity index (χ4n) is 3.92. The summed E-state index contributed by atoms with van der Waals surface area (Å²) in [6.45, 7) is 15.5. The molecule has 2 aliphatic rings. The molecule has 1 aliphatic heterocycles. The number of fused-ring (bicyclic) bond motifs is 2. The summed E-state index contributed by atoms with van der Waals surface area (Å²) >= 11 is 1.89. The molecule has 0 aromatic heterocycles. The highest BCUT2D eigenvalue weighted by atomic mass is 32.2. The molecular formula is C23H33N3S. The summed E-state index contributed by atoms with van der Waals surface area (Å²) in [5, 5.41) is 0. The smallest absolute Gasteiger partial charge is 0.0807 e. The molecule has 3 nitrogen and oxygen atoms in total. The highest BCUT2D eigenvalue weighted by molar-refractivity contribution is 8.04. The van der Waals surface area contributed by atoms with Crippen LogP contribution in [0, 0.1) is 6.92 Å². The predicted molar refractivity (Wildman–Crippen MR) is 121 cm³/mol. The Kier molecular flexibility index (Phi) is 6.83. The maximum Gasteiger partial charge on any atom is 0.0807 e. The third kappa shape index (κ3) is 4.33. The molecule has 0 radical (unpaired) electrons. The van der Waals surface area contributed by atoms with E-state index in [1.807, 2.05) is 11.8 Å². The molecular weight excluding hydrogens is 350 g/mol. The molecule has 146 valence electrons. The summed E-state index contributed by atoms with van der Waals surface area (Å²) in [5.74, 6) is 0. The van der Waals surface area contributed by atoms with Gasteiger partial charge < -0.3 is 4.90 Å². The third-order valence-corrected chi connectivity index (χ3v) is 6.40. The number of thioether (sulfide) groups is 1. The van der Waals surface area contributed by atoms with E-state index in [0.29, 0.717) is 6.04 Å². The zero-order valence-corrected chi connectivity index (χ0v) is 18.3. The van der Waals surface area contributed by atoms with Gasteiger partial charge in [-0.15, -0.1) is 0 Å². The molecule has 0 bridgehead atoms. The van der Waals surface area contributed by atoms with E-state index >= 15 is 0 Å². The molecule has 0 saturated carbocycles. The predicted octanol–water partition coefficient (Wildman–Crippen LogP) is 5.96. The van der Waals surface area contributed by atoms with E-state index in [0.717, 1.165) is 37.6 Å². The van der Waals surface area contributed by atoms with Crippen molar-refractivity contribution in [2.45, 2.75) is 58.4 Å². The monoisotopic (exact) mass is 383 g/mol. The molecule has 1 aromatic carbocycles. The average Bonchev–Trinajstić information content (AvgIpc) is 2.67. The molecule has 1 heterocycles. The van der Waals surface area contributed by atoms with Gasteiger partial charge in [0.1, 0.15) is 0 Å². The summed E-state index contributed by atoms with van der Waals surface area (Å²) in [7, 11) is 0. The van der Waals surface area contributed by atoms with Gasteiger partial charge in [0.05, 0.1) is 11.4 Å². The maximum atomic E-state index is 5.01. The van der Waals surface area contributed by atoms with Crippen LogP contribution >= 0.6 is 11.8 Å². The first kappa shape index (κ1) is 20.2. The van der Waals surface area contributed by atoms with E-state index in [2.05, 4.69) is 74.8 Å². The van der Waals surface area contributed by atoms with Crippen LogP contribution in [0.3, 0.4) is 0 Å². The summed E-state index contributed by atoms with van der Waals surface area (Å²) in [6, 6.07) is 5.00. The van der Waals surface area contributed by atoms with E-state index < -0.39 is 0 Å². The second kappa shape index (κ2) is 9.11. The lowest BCUT2D eigenvalue weighted by atomic mass is 10.1. The van der Waals surface area contributed by atoms with Crippen molar-refractivity contribution in [3.8, 4) is 0 Å². The van der Waals surface area contributed by atoms with Crippen molar-refractivity contribution in [1.82, 2.24) is 4.90 Å². The van der Waals surface area contributed by atoms with Crippen molar-refractivity contribution >= 4 is 28.8 Å². The molecule has 0 fully saturated rings. The number of hydrogen-bond acceptors (Lipinski definition) is 4. The van der Waals surface area contributed by atoms with E-state index in [9.17, 15) is 0 Å². The van der Waals surface area contributed by atoms with Crippen molar-refractivity contribution < 1.29 is 0 Å². The first-order valence-electron chi connectivity index (χ1n) is 10.4. The standard InChI is InChI=1S/C23H33N3S/c1-6-12-26(13-7-2)18-10-11-20-21(15-18)27-22-16-19(25(8-3)9-4)14-17(5)23(22)24-20/h10-11,14-16,18H,6-9,12-13H2,1-5H3. The summed E-state index contributed by atoms with van der Waals surface area (Å²) < 4.78 is 0. The van der Waals surface area contributed by atoms with E-state index in [1.165, 1.54) is 33.9 Å². The first-order valence-corrected chi connectivity index (χ1v) is 11.2. The van der Waals surface area contributed by atoms with Crippen molar-refractivity contribution in [3.63, 3.8) is 0 Å². The van der Waals surface area contributed by atoms with Crippen LogP contribution in [0.2, 0.25) is 0 Å². The molecule has 4 heteroatoms. The molecule has 1 atom stereocenters. The van der Waals surface area contributed by atoms with Crippen LogP contribution in [0.15, 0.2) is 45.2 Å². The van der Waals surface area contributed by atoms with Crippen LogP contribution in [0.4, 0.5) is 11.4 Å². The number of nitrogens with zero attached hydrogens (tertiary/aromatic N) is 3. The Morgan fingerprint density at radius 2 is 1.74 bits per heavy atom. The highest BCUT2D eigenvalue weighted by Gasteiger charge is 2.25. The molecule has 0 N–H and O–H groups in total. The quantitative estimate of drug-likeness (QED) is 0.551. The Balaban J connectivity index is 1.92. The van der Waals surface area contributed by atoms with E-state index in [1.54, 1.807) is 0 Å². The molecule has 3 rings (SSSR count). The minimum atomic E-state index is 0.389. The van der Waals surface area contributed by atoms with Gasteiger partial charge >= 0.3 is 0 Å². The van der Waals surface area contributed by atoms with Gasteiger partial charge in [-0.3, -0.25) is 4.90 Å². The van der Waals surface area contributed by atoms with Gasteiger partial charge in [0.15, 0.2) is 0 Å². The van der Waals surface area contributed by atoms with Crippen molar-refractivity contribution in [2.24, 2.45) is 4.99 Å². The van der Waals surface area contributed by atoms with E-state index in [4.69, 9.17) is 4.99 Å². The fourth-order valence-corrected chi connectivity index (χ4v) is 5.06. The van der Waals surface area contributed by atoms with Gasteiger partial charge in [-0.25, -0.2) is 4.99 Å². The zero-order chi connectivity index (χ0) is 19.4. The van der Waals surface area contributed by atoms with Crippen LogP contribution in [0.5, 0.6) is 0 Å². The maximum absolute atomic E-state index is 5.01. The zero-order valence-electron chi connectivity index (χ0n) is 17.5. The van der Waals surface area contributed by atoms with Crippen LogP contribution in [0.1, 0.15) is 46.1 Å². The Morgan fingerprint density at radius 1 is 1.04 bits per heavy atom. The number of hydrogen-bond donors (Lipinski definition) is 0. The van der Waals surface area contributed by atoms with Gasteiger partial charge in [-0.1, -0.05) is 31.7 Å².